The van der Waals surface area contributed by atoms with Gasteiger partial charge in [-0.15, -0.1) is 0 Å². The van der Waals surface area contributed by atoms with Crippen LogP contribution < -0.4 is 9.47 Å². The van der Waals surface area contributed by atoms with Crippen LogP contribution in [0.15, 0.2) is 36.4 Å². The first-order valence-electron chi connectivity index (χ1n) is 11.0. The highest BCUT2D eigenvalue weighted by Crippen LogP contribution is 2.32. The smallest absolute Gasteiger partial charge is 0.213 e. The third kappa shape index (κ3) is 5.59. The molecular formula is C25H32FNO2. The fraction of sp³-hybridized carbons (Fsp3) is 0.480. The van der Waals surface area contributed by atoms with Crippen LogP contribution in [0.3, 0.4) is 0 Å². The molecule has 3 aromatic rings. The minimum Gasteiger partial charge on any atom is -0.490 e. The first-order valence-corrected chi connectivity index (χ1v) is 11.0. The molecule has 3 nitrogen and oxygen atoms in total. The van der Waals surface area contributed by atoms with Crippen LogP contribution >= 0.6 is 0 Å². The molecule has 29 heavy (non-hydrogen) atoms. The quantitative estimate of drug-likeness (QED) is 0.235. The van der Waals surface area contributed by atoms with Gasteiger partial charge in [-0.2, -0.15) is 0 Å². The molecule has 1 aromatic heterocycles. The zero-order valence-corrected chi connectivity index (χ0v) is 17.7. The van der Waals surface area contributed by atoms with Gasteiger partial charge in [-0.3, -0.25) is 0 Å². The summed E-state index contributed by atoms with van der Waals surface area (Å²) in [5.41, 5.74) is 0.817. The Bertz CT molecular complexity index is 925. The zero-order valence-electron chi connectivity index (χ0n) is 17.7. The van der Waals surface area contributed by atoms with Gasteiger partial charge in [0.25, 0.3) is 0 Å². The van der Waals surface area contributed by atoms with Gasteiger partial charge in [0.15, 0.2) is 11.6 Å². The fourth-order valence-corrected chi connectivity index (χ4v) is 3.52. The van der Waals surface area contributed by atoms with E-state index in [0.29, 0.717) is 30.2 Å². The topological polar surface area (TPSA) is 31.4 Å². The Balaban J connectivity index is 1.68. The van der Waals surface area contributed by atoms with Gasteiger partial charge in [0, 0.05) is 16.8 Å². The van der Waals surface area contributed by atoms with E-state index in [1.165, 1.54) is 32.1 Å². The number of hydrogen-bond donors (Lipinski definition) is 0. The fourth-order valence-electron chi connectivity index (χ4n) is 3.52. The van der Waals surface area contributed by atoms with Crippen LogP contribution in [-0.4, -0.2) is 18.2 Å². The van der Waals surface area contributed by atoms with E-state index in [4.69, 9.17) is 9.47 Å². The van der Waals surface area contributed by atoms with Crippen LogP contribution in [0.4, 0.5) is 4.39 Å². The molecule has 0 aliphatic heterocycles. The zero-order chi connectivity index (χ0) is 20.5. The average molecular weight is 398 g/mol. The normalized spacial score (nSPS) is 11.3. The highest BCUT2D eigenvalue weighted by Gasteiger charge is 2.12. The molecule has 0 atom stereocenters. The molecule has 0 bridgehead atoms. The number of pyridine rings is 1. The molecule has 0 amide bonds. The van der Waals surface area contributed by atoms with Crippen molar-refractivity contribution in [1.29, 1.82) is 0 Å². The van der Waals surface area contributed by atoms with Crippen molar-refractivity contribution < 1.29 is 13.9 Å². The van der Waals surface area contributed by atoms with E-state index >= 15 is 0 Å². The largest absolute Gasteiger partial charge is 0.490 e. The van der Waals surface area contributed by atoms with Crippen molar-refractivity contribution in [3.63, 3.8) is 0 Å². The molecule has 0 N–H and O–H groups in total. The van der Waals surface area contributed by atoms with E-state index in [0.717, 1.165) is 35.6 Å². The Labute approximate surface area is 173 Å². The molecule has 0 fully saturated rings. The van der Waals surface area contributed by atoms with E-state index in [9.17, 15) is 4.39 Å². The maximum atomic E-state index is 14.9. The van der Waals surface area contributed by atoms with Gasteiger partial charge in [0.1, 0.15) is 0 Å². The van der Waals surface area contributed by atoms with Crippen molar-refractivity contribution in [1.82, 2.24) is 4.98 Å². The van der Waals surface area contributed by atoms with Crippen molar-refractivity contribution in [3.05, 3.63) is 42.2 Å². The maximum absolute atomic E-state index is 14.9. The minimum absolute atomic E-state index is 0.302. The van der Waals surface area contributed by atoms with Gasteiger partial charge in [-0.25, -0.2) is 9.37 Å². The van der Waals surface area contributed by atoms with Crippen LogP contribution in [0, 0.1) is 5.82 Å². The van der Waals surface area contributed by atoms with E-state index in [2.05, 4.69) is 18.8 Å². The number of nitrogens with zero attached hydrogens (tertiary/aromatic N) is 1. The van der Waals surface area contributed by atoms with Crippen LogP contribution in [-0.2, 0) is 0 Å². The van der Waals surface area contributed by atoms with Crippen molar-refractivity contribution in [2.24, 2.45) is 0 Å². The number of halogens is 1. The summed E-state index contributed by atoms with van der Waals surface area (Å²) in [6.07, 6.45) is 9.34. The van der Waals surface area contributed by atoms with Crippen molar-refractivity contribution in [3.8, 4) is 11.6 Å². The van der Waals surface area contributed by atoms with Gasteiger partial charge in [-0.1, -0.05) is 52.4 Å². The summed E-state index contributed by atoms with van der Waals surface area (Å²) in [4.78, 5) is 4.61. The van der Waals surface area contributed by atoms with Crippen molar-refractivity contribution in [2.45, 2.75) is 65.2 Å². The Morgan fingerprint density at radius 3 is 2.21 bits per heavy atom. The number of rotatable bonds is 12. The lowest BCUT2D eigenvalue weighted by Gasteiger charge is -2.11. The predicted octanol–water partition coefficient (Wildman–Crippen LogP) is 7.45. The molecule has 2 aromatic carbocycles. The van der Waals surface area contributed by atoms with Crippen LogP contribution in [0.25, 0.3) is 21.7 Å². The van der Waals surface area contributed by atoms with Crippen LogP contribution in [0.2, 0.25) is 0 Å². The van der Waals surface area contributed by atoms with Gasteiger partial charge < -0.3 is 9.47 Å². The summed E-state index contributed by atoms with van der Waals surface area (Å²) in [5, 5.41) is 2.33. The third-order valence-corrected chi connectivity index (χ3v) is 5.24. The Morgan fingerprint density at radius 2 is 1.38 bits per heavy atom. The molecule has 0 radical (unpaired) electrons. The Hall–Kier alpha value is -2.36. The predicted molar refractivity (Wildman–Crippen MR) is 118 cm³/mol. The van der Waals surface area contributed by atoms with Gasteiger partial charge in [0.2, 0.25) is 5.88 Å². The van der Waals surface area contributed by atoms with E-state index in [1.54, 1.807) is 12.1 Å². The lowest BCUT2D eigenvalue weighted by atomic mass is 10.0. The Kier molecular flexibility index (Phi) is 8.09. The molecule has 1 heterocycles. The maximum Gasteiger partial charge on any atom is 0.213 e. The lowest BCUT2D eigenvalue weighted by Crippen LogP contribution is -2.00. The molecule has 0 aliphatic carbocycles. The number of ether oxygens (including phenoxy) is 2. The molecule has 156 valence electrons. The number of unbranched alkanes of at least 4 members (excludes halogenated alkanes) is 6. The summed E-state index contributed by atoms with van der Waals surface area (Å²) in [5.74, 6) is 0.645. The second-order valence-corrected chi connectivity index (χ2v) is 7.57. The molecule has 0 saturated carbocycles. The third-order valence-electron chi connectivity index (χ3n) is 5.24. The summed E-state index contributed by atoms with van der Waals surface area (Å²) in [6.45, 7) is 5.54. The van der Waals surface area contributed by atoms with E-state index in [-0.39, 0.29) is 5.82 Å². The molecule has 3 rings (SSSR count). The van der Waals surface area contributed by atoms with Crippen molar-refractivity contribution >= 4 is 21.7 Å². The number of hydrogen-bond acceptors (Lipinski definition) is 3. The van der Waals surface area contributed by atoms with Crippen LogP contribution in [0.1, 0.15) is 65.2 Å². The summed E-state index contributed by atoms with van der Waals surface area (Å²) in [6, 6.07) is 11.1. The first-order chi connectivity index (χ1) is 14.2. The highest BCUT2D eigenvalue weighted by molar-refractivity contribution is 6.06. The van der Waals surface area contributed by atoms with Gasteiger partial charge in [0.05, 0.1) is 18.7 Å². The second-order valence-electron chi connectivity index (χ2n) is 7.57. The molecule has 0 saturated heterocycles. The SMILES string of the molecule is CCCCCCCCOc1ccc2c(ccc3c(F)c(OCCCC)ccc32)n1. The highest BCUT2D eigenvalue weighted by atomic mass is 19.1. The lowest BCUT2D eigenvalue weighted by molar-refractivity contribution is 0.294. The van der Waals surface area contributed by atoms with Crippen LogP contribution in [0.5, 0.6) is 11.6 Å². The van der Waals surface area contributed by atoms with Gasteiger partial charge in [-0.05, 0) is 48.6 Å². The number of benzene rings is 2. The number of fused-ring (bicyclic) bond motifs is 3. The second kappa shape index (κ2) is 11.0. The van der Waals surface area contributed by atoms with Gasteiger partial charge >= 0.3 is 0 Å². The molecule has 0 unspecified atom stereocenters. The van der Waals surface area contributed by atoms with E-state index in [1.807, 2.05) is 24.3 Å². The summed E-state index contributed by atoms with van der Waals surface area (Å²) < 4.78 is 26.3. The molecular weight excluding hydrogens is 365 g/mol. The molecule has 4 heteroatoms. The summed E-state index contributed by atoms with van der Waals surface area (Å²) >= 11 is 0. The number of aromatic nitrogens is 1. The minimum atomic E-state index is -0.302. The van der Waals surface area contributed by atoms with E-state index < -0.39 is 0 Å². The summed E-state index contributed by atoms with van der Waals surface area (Å²) in [7, 11) is 0. The molecule has 0 spiro atoms. The Morgan fingerprint density at radius 1 is 0.690 bits per heavy atom. The standard InChI is InChI=1S/C25H32FNO2/c1-3-5-7-8-9-10-18-29-24-16-13-20-19-12-15-23(28-17-6-4-2)25(26)21(19)11-14-22(20)27-24/h11-16H,3-10,17-18H2,1-2H3. The average Bonchev–Trinajstić information content (AvgIpc) is 2.74. The van der Waals surface area contributed by atoms with Crippen molar-refractivity contribution in [2.75, 3.05) is 13.2 Å². The first kappa shape index (κ1) is 21.4. The molecule has 0 aliphatic rings. The monoisotopic (exact) mass is 397 g/mol.